The molecule has 0 radical (unpaired) electrons. The minimum absolute atomic E-state index is 0.00869. The smallest absolute Gasteiger partial charge is 0.306 e. The highest BCUT2D eigenvalue weighted by Gasteiger charge is 2.19. The fraction of sp³-hybridized carbons (Fsp3) is 0.364. The molecule has 0 fully saturated rings. The SMILES string of the molecule is NCCC(Cc1cccc(Cl)c1F)C(=O)O. The molecule has 1 atom stereocenters. The second-order valence-corrected chi connectivity index (χ2v) is 3.94. The van der Waals surface area contributed by atoms with Gasteiger partial charge in [-0.25, -0.2) is 4.39 Å². The van der Waals surface area contributed by atoms with Crippen molar-refractivity contribution in [1.82, 2.24) is 0 Å². The quantitative estimate of drug-likeness (QED) is 0.835. The number of aliphatic carboxylic acids is 1. The van der Waals surface area contributed by atoms with E-state index in [-0.39, 0.29) is 18.0 Å². The normalized spacial score (nSPS) is 12.4. The van der Waals surface area contributed by atoms with Crippen molar-refractivity contribution in [1.29, 1.82) is 0 Å². The van der Waals surface area contributed by atoms with Crippen LogP contribution < -0.4 is 5.73 Å². The number of carboxylic acid groups (broad SMARTS) is 1. The molecule has 5 heteroatoms. The predicted octanol–water partition coefficient (Wildman–Crippen LogP) is 2.07. The van der Waals surface area contributed by atoms with Crippen LogP contribution in [0.5, 0.6) is 0 Å². The molecule has 1 rings (SSSR count). The number of rotatable bonds is 5. The molecule has 0 aliphatic rings. The van der Waals surface area contributed by atoms with Gasteiger partial charge in [0.2, 0.25) is 0 Å². The first-order chi connectivity index (χ1) is 7.56. The van der Waals surface area contributed by atoms with Crippen molar-refractivity contribution >= 4 is 17.6 Å². The molecule has 0 bridgehead atoms. The highest BCUT2D eigenvalue weighted by Crippen LogP contribution is 2.21. The first-order valence-corrected chi connectivity index (χ1v) is 5.29. The van der Waals surface area contributed by atoms with E-state index < -0.39 is 17.7 Å². The number of carbonyl (C=O) groups is 1. The third-order valence-corrected chi connectivity index (χ3v) is 2.65. The molecule has 0 amide bonds. The Hall–Kier alpha value is -1.13. The topological polar surface area (TPSA) is 63.3 Å². The first kappa shape index (κ1) is 12.9. The number of benzene rings is 1. The van der Waals surface area contributed by atoms with Crippen molar-refractivity contribution in [3.05, 3.63) is 34.6 Å². The Balaban J connectivity index is 2.85. The van der Waals surface area contributed by atoms with E-state index >= 15 is 0 Å². The van der Waals surface area contributed by atoms with Crippen LogP contribution in [0.3, 0.4) is 0 Å². The predicted molar refractivity (Wildman–Crippen MR) is 59.9 cm³/mol. The van der Waals surface area contributed by atoms with Crippen molar-refractivity contribution in [2.45, 2.75) is 12.8 Å². The maximum absolute atomic E-state index is 13.5. The largest absolute Gasteiger partial charge is 0.481 e. The van der Waals surface area contributed by atoms with E-state index in [0.717, 1.165) is 0 Å². The Labute approximate surface area is 98.0 Å². The van der Waals surface area contributed by atoms with Gasteiger partial charge in [0.1, 0.15) is 5.82 Å². The molecule has 1 unspecified atom stereocenters. The Kier molecular flexibility index (Phi) is 4.71. The number of hydrogen-bond acceptors (Lipinski definition) is 2. The summed E-state index contributed by atoms with van der Waals surface area (Å²) in [5.74, 6) is -2.18. The van der Waals surface area contributed by atoms with Crippen LogP contribution in [0.2, 0.25) is 5.02 Å². The van der Waals surface area contributed by atoms with Crippen molar-refractivity contribution < 1.29 is 14.3 Å². The lowest BCUT2D eigenvalue weighted by molar-refractivity contribution is -0.141. The molecule has 1 aromatic carbocycles. The third kappa shape index (κ3) is 3.18. The summed E-state index contributed by atoms with van der Waals surface area (Å²) in [6, 6.07) is 4.56. The summed E-state index contributed by atoms with van der Waals surface area (Å²) in [6.45, 7) is 0.263. The van der Waals surface area contributed by atoms with Crippen LogP contribution in [0.25, 0.3) is 0 Å². The van der Waals surface area contributed by atoms with Crippen LogP contribution in [0.4, 0.5) is 4.39 Å². The summed E-state index contributed by atoms with van der Waals surface area (Å²) in [5, 5.41) is 8.92. The molecule has 16 heavy (non-hydrogen) atoms. The molecule has 0 saturated heterocycles. The van der Waals surface area contributed by atoms with Gasteiger partial charge in [0, 0.05) is 0 Å². The lowest BCUT2D eigenvalue weighted by atomic mass is 9.96. The van der Waals surface area contributed by atoms with Gasteiger partial charge >= 0.3 is 5.97 Å². The van der Waals surface area contributed by atoms with Gasteiger partial charge in [-0.15, -0.1) is 0 Å². The van der Waals surface area contributed by atoms with E-state index in [2.05, 4.69) is 0 Å². The molecule has 3 nitrogen and oxygen atoms in total. The molecule has 0 saturated carbocycles. The van der Waals surface area contributed by atoms with Gasteiger partial charge in [-0.05, 0) is 31.0 Å². The lowest BCUT2D eigenvalue weighted by Crippen LogP contribution is -2.20. The van der Waals surface area contributed by atoms with E-state index in [0.29, 0.717) is 12.0 Å². The van der Waals surface area contributed by atoms with Gasteiger partial charge in [-0.1, -0.05) is 23.7 Å². The number of hydrogen-bond donors (Lipinski definition) is 2. The maximum Gasteiger partial charge on any atom is 0.306 e. The summed E-state index contributed by atoms with van der Waals surface area (Å²) in [7, 11) is 0. The number of halogens is 2. The Morgan fingerprint density at radius 2 is 2.25 bits per heavy atom. The monoisotopic (exact) mass is 245 g/mol. The Morgan fingerprint density at radius 3 is 2.81 bits per heavy atom. The number of carboxylic acids is 1. The number of nitrogens with two attached hydrogens (primary N) is 1. The van der Waals surface area contributed by atoms with E-state index in [1.54, 1.807) is 6.07 Å². The van der Waals surface area contributed by atoms with Crippen molar-refractivity contribution in [2.24, 2.45) is 11.7 Å². The Bertz CT molecular complexity index is 384. The van der Waals surface area contributed by atoms with Gasteiger partial charge in [-0.2, -0.15) is 0 Å². The molecule has 3 N–H and O–H groups in total. The van der Waals surface area contributed by atoms with Crippen molar-refractivity contribution in [3.8, 4) is 0 Å². The van der Waals surface area contributed by atoms with Crippen LogP contribution in [0, 0.1) is 11.7 Å². The zero-order valence-electron chi connectivity index (χ0n) is 8.62. The van der Waals surface area contributed by atoms with Gasteiger partial charge in [-0.3, -0.25) is 4.79 Å². The minimum Gasteiger partial charge on any atom is -0.481 e. The van der Waals surface area contributed by atoms with Crippen LogP contribution in [-0.4, -0.2) is 17.6 Å². The van der Waals surface area contributed by atoms with Crippen molar-refractivity contribution in [2.75, 3.05) is 6.54 Å². The molecule has 88 valence electrons. The summed E-state index contributed by atoms with van der Waals surface area (Å²) in [5.41, 5.74) is 5.62. The van der Waals surface area contributed by atoms with E-state index in [4.69, 9.17) is 22.4 Å². The first-order valence-electron chi connectivity index (χ1n) is 4.92. The Morgan fingerprint density at radius 1 is 1.56 bits per heavy atom. The average molecular weight is 246 g/mol. The third-order valence-electron chi connectivity index (χ3n) is 2.36. The summed E-state index contributed by atoms with van der Waals surface area (Å²) in [6.07, 6.45) is 0.431. The molecule has 0 aliphatic carbocycles. The maximum atomic E-state index is 13.5. The molecule has 0 spiro atoms. The van der Waals surface area contributed by atoms with Crippen molar-refractivity contribution in [3.63, 3.8) is 0 Å². The van der Waals surface area contributed by atoms with E-state index in [1.165, 1.54) is 12.1 Å². The van der Waals surface area contributed by atoms with Crippen LogP contribution in [0.1, 0.15) is 12.0 Å². The zero-order valence-corrected chi connectivity index (χ0v) is 9.38. The highest BCUT2D eigenvalue weighted by atomic mass is 35.5. The fourth-order valence-corrected chi connectivity index (χ4v) is 1.68. The van der Waals surface area contributed by atoms with Gasteiger partial charge in [0.25, 0.3) is 0 Å². The summed E-state index contributed by atoms with van der Waals surface area (Å²) >= 11 is 5.61. The molecule has 1 aromatic rings. The molecule has 0 aromatic heterocycles. The fourth-order valence-electron chi connectivity index (χ4n) is 1.49. The lowest BCUT2D eigenvalue weighted by Gasteiger charge is -2.11. The highest BCUT2D eigenvalue weighted by molar-refractivity contribution is 6.30. The minimum atomic E-state index is -0.968. The standard InChI is InChI=1S/C11H13ClFNO2/c12-9-3-1-2-7(10(9)13)6-8(4-5-14)11(15)16/h1-3,8H,4-6,14H2,(H,15,16). The molecule has 0 aliphatic heterocycles. The summed E-state index contributed by atoms with van der Waals surface area (Å²) in [4.78, 5) is 10.9. The van der Waals surface area contributed by atoms with Gasteiger partial charge in [0.15, 0.2) is 0 Å². The van der Waals surface area contributed by atoms with Gasteiger partial charge < -0.3 is 10.8 Å². The zero-order chi connectivity index (χ0) is 12.1. The van der Waals surface area contributed by atoms with E-state index in [9.17, 15) is 9.18 Å². The van der Waals surface area contributed by atoms with Gasteiger partial charge in [0.05, 0.1) is 10.9 Å². The second-order valence-electron chi connectivity index (χ2n) is 3.53. The van der Waals surface area contributed by atoms with Crippen LogP contribution >= 0.6 is 11.6 Å². The molecular formula is C11H13ClFNO2. The summed E-state index contributed by atoms with van der Waals surface area (Å²) < 4.78 is 13.5. The average Bonchev–Trinajstić information content (AvgIpc) is 2.23. The van der Waals surface area contributed by atoms with Crippen LogP contribution in [-0.2, 0) is 11.2 Å². The molecular weight excluding hydrogens is 233 g/mol. The molecule has 0 heterocycles. The second kappa shape index (κ2) is 5.82. The van der Waals surface area contributed by atoms with E-state index in [1.807, 2.05) is 0 Å². The van der Waals surface area contributed by atoms with Crippen LogP contribution in [0.15, 0.2) is 18.2 Å².